The molecular formula is C13H16FNO4. The number of anilines is 1. The van der Waals surface area contributed by atoms with E-state index in [1.807, 2.05) is 0 Å². The van der Waals surface area contributed by atoms with E-state index >= 15 is 0 Å². The highest BCUT2D eigenvalue weighted by atomic mass is 19.1. The number of amides is 1. The minimum atomic E-state index is -0.777. The van der Waals surface area contributed by atoms with Crippen LogP contribution in [0.2, 0.25) is 0 Å². The lowest BCUT2D eigenvalue weighted by molar-refractivity contribution is 0.0594. The van der Waals surface area contributed by atoms with E-state index in [2.05, 4.69) is 10.1 Å². The Morgan fingerprint density at radius 2 is 1.89 bits per heavy atom. The van der Waals surface area contributed by atoms with Crippen molar-refractivity contribution in [3.05, 3.63) is 29.6 Å². The fourth-order valence-corrected chi connectivity index (χ4v) is 1.29. The lowest BCUT2D eigenvalue weighted by atomic mass is 10.2. The molecule has 0 heterocycles. The summed E-state index contributed by atoms with van der Waals surface area (Å²) in [5.74, 6) is -1.55. The van der Waals surface area contributed by atoms with E-state index in [0.717, 1.165) is 13.2 Å². The molecule has 0 radical (unpaired) electrons. The summed E-state index contributed by atoms with van der Waals surface area (Å²) in [6, 6.07) is 3.64. The Labute approximate surface area is 110 Å². The van der Waals surface area contributed by atoms with Crippen LogP contribution in [-0.2, 0) is 9.47 Å². The Balaban J connectivity index is 2.79. The van der Waals surface area contributed by atoms with Gasteiger partial charge in [0, 0.05) is 5.69 Å². The average Bonchev–Trinajstić information content (AvgIpc) is 2.25. The first-order valence-corrected chi connectivity index (χ1v) is 5.61. The zero-order valence-electron chi connectivity index (χ0n) is 11.2. The van der Waals surface area contributed by atoms with Crippen LogP contribution in [0.1, 0.15) is 31.1 Å². The fourth-order valence-electron chi connectivity index (χ4n) is 1.29. The number of halogens is 1. The van der Waals surface area contributed by atoms with Gasteiger partial charge in [0.05, 0.1) is 12.7 Å². The third-order valence-electron chi connectivity index (χ3n) is 2.02. The molecule has 0 saturated heterocycles. The summed E-state index contributed by atoms with van der Waals surface area (Å²) in [6.45, 7) is 5.15. The number of rotatable bonds is 2. The quantitative estimate of drug-likeness (QED) is 0.838. The number of esters is 1. The Hall–Kier alpha value is -2.11. The van der Waals surface area contributed by atoms with E-state index in [0.29, 0.717) is 0 Å². The minimum absolute atomic E-state index is 0.194. The van der Waals surface area contributed by atoms with Gasteiger partial charge in [0.1, 0.15) is 11.4 Å². The zero-order chi connectivity index (χ0) is 14.6. The molecule has 1 aromatic carbocycles. The van der Waals surface area contributed by atoms with Crippen LogP contribution >= 0.6 is 0 Å². The fraction of sp³-hybridized carbons (Fsp3) is 0.385. The topological polar surface area (TPSA) is 64.6 Å². The van der Waals surface area contributed by atoms with Crippen molar-refractivity contribution in [2.45, 2.75) is 26.4 Å². The Kier molecular flexibility index (Phi) is 4.47. The van der Waals surface area contributed by atoms with Crippen LogP contribution < -0.4 is 5.32 Å². The molecule has 0 spiro atoms. The standard InChI is InChI=1S/C13H16FNO4/c1-13(2,3)19-12(17)15-8-5-6-9(10(14)7-8)11(16)18-4/h5-7H,1-4H3,(H,15,17). The van der Waals surface area contributed by atoms with Gasteiger partial charge >= 0.3 is 12.1 Å². The van der Waals surface area contributed by atoms with Crippen molar-refractivity contribution in [2.24, 2.45) is 0 Å². The molecule has 6 heteroatoms. The summed E-state index contributed by atoms with van der Waals surface area (Å²) in [7, 11) is 1.16. The maximum atomic E-state index is 13.6. The molecule has 0 aliphatic rings. The van der Waals surface area contributed by atoms with Gasteiger partial charge in [0.2, 0.25) is 0 Å². The second kappa shape index (κ2) is 5.69. The molecule has 1 N–H and O–H groups in total. The zero-order valence-corrected chi connectivity index (χ0v) is 11.2. The Bertz CT molecular complexity index is 494. The molecule has 19 heavy (non-hydrogen) atoms. The van der Waals surface area contributed by atoms with Crippen LogP contribution in [0.4, 0.5) is 14.9 Å². The molecule has 0 unspecified atom stereocenters. The minimum Gasteiger partial charge on any atom is -0.465 e. The van der Waals surface area contributed by atoms with E-state index in [1.54, 1.807) is 20.8 Å². The molecule has 1 aromatic rings. The van der Waals surface area contributed by atoms with Crippen molar-refractivity contribution >= 4 is 17.7 Å². The third-order valence-corrected chi connectivity index (χ3v) is 2.02. The van der Waals surface area contributed by atoms with Crippen LogP contribution in [0.25, 0.3) is 0 Å². The summed E-state index contributed by atoms with van der Waals surface area (Å²) < 4.78 is 23.0. The number of methoxy groups -OCH3 is 1. The largest absolute Gasteiger partial charge is 0.465 e. The smallest absolute Gasteiger partial charge is 0.412 e. The number of carbonyl (C=O) groups excluding carboxylic acids is 2. The molecule has 0 aliphatic carbocycles. The lowest BCUT2D eigenvalue weighted by Gasteiger charge is -2.19. The third kappa shape index (κ3) is 4.57. The number of carbonyl (C=O) groups is 2. The summed E-state index contributed by atoms with van der Waals surface area (Å²) in [5, 5.41) is 2.37. The number of ether oxygens (including phenoxy) is 2. The van der Waals surface area contributed by atoms with Crippen LogP contribution in [0, 0.1) is 5.82 Å². The molecule has 104 valence electrons. The Morgan fingerprint density at radius 3 is 2.37 bits per heavy atom. The van der Waals surface area contributed by atoms with Gasteiger partial charge in [-0.1, -0.05) is 0 Å². The van der Waals surface area contributed by atoms with Gasteiger partial charge in [0.25, 0.3) is 0 Å². The SMILES string of the molecule is COC(=O)c1ccc(NC(=O)OC(C)(C)C)cc1F. The first-order valence-electron chi connectivity index (χ1n) is 5.61. The highest BCUT2D eigenvalue weighted by Crippen LogP contribution is 2.16. The maximum Gasteiger partial charge on any atom is 0.412 e. The number of benzene rings is 1. The predicted molar refractivity (Wildman–Crippen MR) is 67.6 cm³/mol. The second-order valence-electron chi connectivity index (χ2n) is 4.81. The number of nitrogens with one attached hydrogen (secondary N) is 1. The van der Waals surface area contributed by atoms with Crippen LogP contribution in [0.5, 0.6) is 0 Å². The summed E-state index contributed by atoms with van der Waals surface area (Å²) in [5.41, 5.74) is -0.647. The molecule has 1 amide bonds. The van der Waals surface area contributed by atoms with E-state index in [1.165, 1.54) is 12.1 Å². The number of hydrogen-bond acceptors (Lipinski definition) is 4. The first kappa shape index (κ1) is 14.9. The molecule has 0 fully saturated rings. The van der Waals surface area contributed by atoms with E-state index in [9.17, 15) is 14.0 Å². The normalized spacial score (nSPS) is 10.8. The monoisotopic (exact) mass is 269 g/mol. The first-order chi connectivity index (χ1) is 8.73. The highest BCUT2D eigenvalue weighted by molar-refractivity contribution is 5.91. The summed E-state index contributed by atoms with van der Waals surface area (Å²) in [4.78, 5) is 22.6. The Morgan fingerprint density at radius 1 is 1.26 bits per heavy atom. The summed E-state index contributed by atoms with van der Waals surface area (Å²) >= 11 is 0. The van der Waals surface area contributed by atoms with Gasteiger partial charge in [-0.2, -0.15) is 0 Å². The van der Waals surface area contributed by atoms with Crippen LogP contribution in [-0.4, -0.2) is 24.8 Å². The molecule has 5 nitrogen and oxygen atoms in total. The molecule has 0 atom stereocenters. The highest BCUT2D eigenvalue weighted by Gasteiger charge is 2.17. The van der Waals surface area contributed by atoms with Crippen molar-refractivity contribution < 1.29 is 23.5 Å². The van der Waals surface area contributed by atoms with Gasteiger partial charge in [0.15, 0.2) is 0 Å². The van der Waals surface area contributed by atoms with Crippen molar-refractivity contribution in [1.29, 1.82) is 0 Å². The molecule has 0 saturated carbocycles. The van der Waals surface area contributed by atoms with Crippen molar-refractivity contribution in [3.8, 4) is 0 Å². The van der Waals surface area contributed by atoms with E-state index in [-0.39, 0.29) is 11.3 Å². The molecule has 0 bridgehead atoms. The van der Waals surface area contributed by atoms with E-state index in [4.69, 9.17) is 4.74 Å². The summed E-state index contributed by atoms with van der Waals surface area (Å²) in [6.07, 6.45) is -0.697. The second-order valence-corrected chi connectivity index (χ2v) is 4.81. The van der Waals surface area contributed by atoms with Crippen LogP contribution in [0.3, 0.4) is 0 Å². The van der Waals surface area contributed by atoms with Gasteiger partial charge in [-0.05, 0) is 39.0 Å². The van der Waals surface area contributed by atoms with Gasteiger partial charge < -0.3 is 9.47 Å². The van der Waals surface area contributed by atoms with E-state index < -0.39 is 23.5 Å². The number of hydrogen-bond donors (Lipinski definition) is 1. The maximum absolute atomic E-state index is 13.6. The molecule has 0 aromatic heterocycles. The van der Waals surface area contributed by atoms with Gasteiger partial charge in [-0.25, -0.2) is 14.0 Å². The molecule has 0 aliphatic heterocycles. The average molecular weight is 269 g/mol. The van der Waals surface area contributed by atoms with Crippen LogP contribution in [0.15, 0.2) is 18.2 Å². The van der Waals surface area contributed by atoms with Gasteiger partial charge in [-0.15, -0.1) is 0 Å². The van der Waals surface area contributed by atoms with Crippen molar-refractivity contribution in [1.82, 2.24) is 0 Å². The lowest BCUT2D eigenvalue weighted by Crippen LogP contribution is -2.27. The van der Waals surface area contributed by atoms with Crippen molar-refractivity contribution in [3.63, 3.8) is 0 Å². The van der Waals surface area contributed by atoms with Gasteiger partial charge in [-0.3, -0.25) is 5.32 Å². The predicted octanol–water partition coefficient (Wildman–Crippen LogP) is 2.96. The molecular weight excluding hydrogens is 253 g/mol. The van der Waals surface area contributed by atoms with Crippen molar-refractivity contribution in [2.75, 3.05) is 12.4 Å². The molecule has 1 rings (SSSR count).